The molecule has 0 spiro atoms. The van der Waals surface area contributed by atoms with Crippen molar-refractivity contribution in [3.63, 3.8) is 0 Å². The lowest BCUT2D eigenvalue weighted by Gasteiger charge is -2.04. The molecule has 11 heavy (non-hydrogen) atoms. The number of benzene rings is 1. The molecule has 0 heterocycles. The van der Waals surface area contributed by atoms with Crippen LogP contribution in [-0.2, 0) is 0 Å². The Kier molecular flexibility index (Phi) is 2.44. The predicted octanol–water partition coefficient (Wildman–Crippen LogP) is 1.62. The van der Waals surface area contributed by atoms with Crippen molar-refractivity contribution in [2.75, 3.05) is 0 Å². The zero-order valence-electron chi connectivity index (χ0n) is 6.20. The SMILES string of the molecule is Cc1ccccc1OC(N)=S. The summed E-state index contributed by atoms with van der Waals surface area (Å²) < 4.78 is 5.05. The van der Waals surface area contributed by atoms with Crippen molar-refractivity contribution < 1.29 is 4.74 Å². The van der Waals surface area contributed by atoms with Gasteiger partial charge in [0.1, 0.15) is 5.75 Å². The van der Waals surface area contributed by atoms with Crippen molar-refractivity contribution in [3.05, 3.63) is 29.8 Å². The summed E-state index contributed by atoms with van der Waals surface area (Å²) in [6.07, 6.45) is 0. The second-order valence-electron chi connectivity index (χ2n) is 2.19. The minimum absolute atomic E-state index is 0.0549. The Labute approximate surface area is 71.0 Å². The molecular formula is C8H9NOS. The van der Waals surface area contributed by atoms with Gasteiger partial charge in [0.05, 0.1) is 0 Å². The Hall–Kier alpha value is -1.09. The van der Waals surface area contributed by atoms with Gasteiger partial charge in [-0.25, -0.2) is 0 Å². The van der Waals surface area contributed by atoms with E-state index in [2.05, 4.69) is 12.2 Å². The van der Waals surface area contributed by atoms with E-state index in [0.717, 1.165) is 11.3 Å². The van der Waals surface area contributed by atoms with Crippen LogP contribution < -0.4 is 10.5 Å². The highest BCUT2D eigenvalue weighted by molar-refractivity contribution is 7.80. The smallest absolute Gasteiger partial charge is 0.259 e. The number of para-hydroxylation sites is 1. The Morgan fingerprint density at radius 2 is 2.09 bits per heavy atom. The Morgan fingerprint density at radius 1 is 1.45 bits per heavy atom. The van der Waals surface area contributed by atoms with Gasteiger partial charge in [-0.2, -0.15) is 0 Å². The van der Waals surface area contributed by atoms with Crippen molar-refractivity contribution in [2.45, 2.75) is 6.92 Å². The van der Waals surface area contributed by atoms with Crippen LogP contribution in [0.2, 0.25) is 0 Å². The highest BCUT2D eigenvalue weighted by atomic mass is 32.1. The molecule has 0 aromatic heterocycles. The second-order valence-corrected chi connectivity index (χ2v) is 2.59. The normalized spacial score (nSPS) is 9.18. The summed E-state index contributed by atoms with van der Waals surface area (Å²) in [4.78, 5) is 0. The zero-order valence-corrected chi connectivity index (χ0v) is 7.02. The van der Waals surface area contributed by atoms with E-state index in [1.807, 2.05) is 31.2 Å². The molecule has 0 saturated carbocycles. The lowest BCUT2D eigenvalue weighted by atomic mass is 10.2. The van der Waals surface area contributed by atoms with E-state index >= 15 is 0 Å². The molecule has 0 unspecified atom stereocenters. The Bertz CT molecular complexity index is 273. The summed E-state index contributed by atoms with van der Waals surface area (Å²) in [6.45, 7) is 1.94. The number of thiocarbonyl (C=S) groups is 1. The minimum atomic E-state index is 0.0549. The van der Waals surface area contributed by atoms with Crippen molar-refractivity contribution in [3.8, 4) is 5.75 Å². The highest BCUT2D eigenvalue weighted by Gasteiger charge is 1.97. The van der Waals surface area contributed by atoms with Crippen molar-refractivity contribution in [1.29, 1.82) is 0 Å². The first kappa shape index (κ1) is 8.01. The van der Waals surface area contributed by atoms with E-state index in [-0.39, 0.29) is 5.17 Å². The van der Waals surface area contributed by atoms with Gasteiger partial charge in [0.2, 0.25) is 0 Å². The molecule has 2 nitrogen and oxygen atoms in total. The van der Waals surface area contributed by atoms with Crippen molar-refractivity contribution in [1.82, 2.24) is 0 Å². The average molecular weight is 167 g/mol. The lowest BCUT2D eigenvalue weighted by molar-refractivity contribution is 0.552. The van der Waals surface area contributed by atoms with Crippen LogP contribution in [0.5, 0.6) is 5.75 Å². The summed E-state index contributed by atoms with van der Waals surface area (Å²) in [5.74, 6) is 0.722. The van der Waals surface area contributed by atoms with Crippen LogP contribution in [0.25, 0.3) is 0 Å². The molecule has 0 aliphatic heterocycles. The standard InChI is InChI=1S/C8H9NOS/c1-6-4-2-3-5-7(6)10-8(9)11/h2-5H,1H3,(H2,9,11). The van der Waals surface area contributed by atoms with Gasteiger partial charge in [-0.3, -0.25) is 0 Å². The number of aryl methyl sites for hydroxylation is 1. The summed E-state index contributed by atoms with van der Waals surface area (Å²) >= 11 is 4.59. The molecule has 1 aromatic carbocycles. The largest absolute Gasteiger partial charge is 0.432 e. The maximum Gasteiger partial charge on any atom is 0.259 e. The molecular weight excluding hydrogens is 158 g/mol. The third-order valence-corrected chi connectivity index (χ3v) is 1.39. The summed E-state index contributed by atoms with van der Waals surface area (Å²) in [5.41, 5.74) is 6.23. The van der Waals surface area contributed by atoms with Gasteiger partial charge in [-0.1, -0.05) is 18.2 Å². The van der Waals surface area contributed by atoms with Crippen LogP contribution in [0.15, 0.2) is 24.3 Å². The van der Waals surface area contributed by atoms with E-state index in [4.69, 9.17) is 10.5 Å². The average Bonchev–Trinajstić information content (AvgIpc) is 1.93. The monoisotopic (exact) mass is 167 g/mol. The quantitative estimate of drug-likeness (QED) is 0.645. The van der Waals surface area contributed by atoms with Crippen LogP contribution >= 0.6 is 12.2 Å². The van der Waals surface area contributed by atoms with Crippen molar-refractivity contribution in [2.24, 2.45) is 5.73 Å². The first-order chi connectivity index (χ1) is 5.20. The third kappa shape index (κ3) is 2.20. The maximum atomic E-state index is 5.20. The van der Waals surface area contributed by atoms with Gasteiger partial charge in [0.15, 0.2) is 0 Å². The van der Waals surface area contributed by atoms with Gasteiger partial charge in [0.25, 0.3) is 5.17 Å². The van der Waals surface area contributed by atoms with Gasteiger partial charge in [-0.05, 0) is 30.8 Å². The van der Waals surface area contributed by atoms with Gasteiger partial charge < -0.3 is 10.5 Å². The number of ether oxygens (including phenoxy) is 1. The second kappa shape index (κ2) is 3.34. The number of nitrogens with two attached hydrogens (primary N) is 1. The van der Waals surface area contributed by atoms with E-state index < -0.39 is 0 Å². The number of hydrogen-bond acceptors (Lipinski definition) is 2. The maximum absolute atomic E-state index is 5.20. The van der Waals surface area contributed by atoms with Crippen molar-refractivity contribution >= 4 is 17.4 Å². The van der Waals surface area contributed by atoms with Crippen LogP contribution in [-0.4, -0.2) is 5.17 Å². The summed E-state index contributed by atoms with van der Waals surface area (Å²) in [5, 5.41) is 0.0549. The van der Waals surface area contributed by atoms with Gasteiger partial charge >= 0.3 is 0 Å². The molecule has 0 aliphatic carbocycles. The predicted molar refractivity (Wildman–Crippen MR) is 48.6 cm³/mol. The summed E-state index contributed by atoms with van der Waals surface area (Å²) in [7, 11) is 0. The summed E-state index contributed by atoms with van der Waals surface area (Å²) in [6, 6.07) is 7.57. The third-order valence-electron chi connectivity index (χ3n) is 1.30. The fourth-order valence-electron chi connectivity index (χ4n) is 0.779. The van der Waals surface area contributed by atoms with E-state index in [0.29, 0.717) is 0 Å². The Balaban J connectivity index is 2.86. The van der Waals surface area contributed by atoms with E-state index in [1.54, 1.807) is 0 Å². The zero-order chi connectivity index (χ0) is 8.27. The molecule has 1 rings (SSSR count). The van der Waals surface area contributed by atoms with E-state index in [9.17, 15) is 0 Å². The van der Waals surface area contributed by atoms with Crippen LogP contribution in [0.1, 0.15) is 5.56 Å². The fourth-order valence-corrected chi connectivity index (χ4v) is 0.869. The van der Waals surface area contributed by atoms with Crippen LogP contribution in [0.4, 0.5) is 0 Å². The fraction of sp³-hybridized carbons (Fsp3) is 0.125. The minimum Gasteiger partial charge on any atom is -0.432 e. The Morgan fingerprint density at radius 3 is 2.64 bits per heavy atom. The van der Waals surface area contributed by atoms with Gasteiger partial charge in [-0.15, -0.1) is 0 Å². The molecule has 0 bridgehead atoms. The molecule has 0 saturated heterocycles. The van der Waals surface area contributed by atoms with Crippen LogP contribution in [0.3, 0.4) is 0 Å². The molecule has 58 valence electrons. The molecule has 0 atom stereocenters. The molecule has 3 heteroatoms. The first-order valence-electron chi connectivity index (χ1n) is 3.23. The number of rotatable bonds is 1. The highest BCUT2D eigenvalue weighted by Crippen LogP contribution is 2.15. The van der Waals surface area contributed by atoms with E-state index in [1.165, 1.54) is 0 Å². The van der Waals surface area contributed by atoms with Gasteiger partial charge in [0, 0.05) is 0 Å². The molecule has 0 radical (unpaired) electrons. The molecule has 0 aliphatic rings. The molecule has 2 N–H and O–H groups in total. The topological polar surface area (TPSA) is 35.2 Å². The lowest BCUT2D eigenvalue weighted by Crippen LogP contribution is -2.16. The molecule has 0 amide bonds. The molecule has 1 aromatic rings. The number of hydrogen-bond donors (Lipinski definition) is 1. The molecule has 0 fully saturated rings. The first-order valence-corrected chi connectivity index (χ1v) is 3.64. The van der Waals surface area contributed by atoms with Crippen LogP contribution in [0, 0.1) is 6.92 Å².